The fourth-order valence-electron chi connectivity index (χ4n) is 2.56. The molecule has 0 aliphatic carbocycles. The molecule has 0 aliphatic rings. The van der Waals surface area contributed by atoms with Crippen molar-refractivity contribution in [2.75, 3.05) is 24.3 Å². The Morgan fingerprint density at radius 2 is 1.83 bits per heavy atom. The van der Waals surface area contributed by atoms with E-state index in [1.165, 1.54) is 12.1 Å². The molecule has 7 nitrogen and oxygen atoms in total. The SMILES string of the molecule is CNc1ccc(N(C)c2nc(C)nc3ccc([N+](=O)[O-])cc23)cc1. The number of nitro benzene ring substituents is 1. The van der Waals surface area contributed by atoms with Crippen LogP contribution in [0.2, 0.25) is 0 Å². The number of fused-ring (bicyclic) bond motifs is 1. The number of non-ortho nitro benzene ring substituents is 1. The number of nitrogens with zero attached hydrogens (tertiary/aromatic N) is 4. The average Bonchev–Trinajstić information content (AvgIpc) is 2.60. The molecule has 0 atom stereocenters. The largest absolute Gasteiger partial charge is 0.388 e. The standard InChI is InChI=1S/C17H17N5O2/c1-11-19-16-9-8-14(22(23)24)10-15(16)17(20-11)21(3)13-6-4-12(18-2)5-7-13/h4-10,18H,1-3H3. The summed E-state index contributed by atoms with van der Waals surface area (Å²) >= 11 is 0. The average molecular weight is 323 g/mol. The van der Waals surface area contributed by atoms with E-state index in [0.717, 1.165) is 11.4 Å². The van der Waals surface area contributed by atoms with Crippen molar-refractivity contribution in [3.8, 4) is 0 Å². The van der Waals surface area contributed by atoms with Gasteiger partial charge in [0.1, 0.15) is 11.6 Å². The zero-order chi connectivity index (χ0) is 17.3. The van der Waals surface area contributed by atoms with Gasteiger partial charge in [0.2, 0.25) is 0 Å². The van der Waals surface area contributed by atoms with Crippen LogP contribution in [0.1, 0.15) is 5.82 Å². The number of rotatable bonds is 4. The molecule has 7 heteroatoms. The van der Waals surface area contributed by atoms with Gasteiger partial charge in [-0.15, -0.1) is 0 Å². The third-order valence-electron chi connectivity index (χ3n) is 3.84. The van der Waals surface area contributed by atoms with E-state index in [0.29, 0.717) is 22.5 Å². The van der Waals surface area contributed by atoms with Crippen LogP contribution in [0.4, 0.5) is 22.9 Å². The van der Waals surface area contributed by atoms with E-state index in [2.05, 4.69) is 15.3 Å². The first-order chi connectivity index (χ1) is 11.5. The lowest BCUT2D eigenvalue weighted by Crippen LogP contribution is -2.13. The highest BCUT2D eigenvalue weighted by atomic mass is 16.6. The molecular formula is C17H17N5O2. The van der Waals surface area contributed by atoms with Gasteiger partial charge >= 0.3 is 0 Å². The maximum absolute atomic E-state index is 11.1. The van der Waals surface area contributed by atoms with Gasteiger partial charge in [0.25, 0.3) is 5.69 Å². The van der Waals surface area contributed by atoms with Crippen LogP contribution in [0.5, 0.6) is 0 Å². The molecular weight excluding hydrogens is 306 g/mol. The fourth-order valence-corrected chi connectivity index (χ4v) is 2.56. The van der Waals surface area contributed by atoms with Gasteiger partial charge in [0.15, 0.2) is 0 Å². The molecule has 1 aromatic heterocycles. The minimum Gasteiger partial charge on any atom is -0.388 e. The Morgan fingerprint density at radius 1 is 1.12 bits per heavy atom. The van der Waals surface area contributed by atoms with Crippen LogP contribution in [-0.4, -0.2) is 29.0 Å². The number of nitro groups is 1. The van der Waals surface area contributed by atoms with Gasteiger partial charge in [0.05, 0.1) is 15.8 Å². The lowest BCUT2D eigenvalue weighted by atomic mass is 10.2. The zero-order valence-corrected chi connectivity index (χ0v) is 13.6. The number of hydrogen-bond donors (Lipinski definition) is 1. The van der Waals surface area contributed by atoms with Crippen LogP contribution in [0.25, 0.3) is 10.9 Å². The van der Waals surface area contributed by atoms with Crippen molar-refractivity contribution in [1.29, 1.82) is 0 Å². The van der Waals surface area contributed by atoms with Crippen LogP contribution in [-0.2, 0) is 0 Å². The predicted octanol–water partition coefficient (Wildman–Crippen LogP) is 3.66. The van der Waals surface area contributed by atoms with Crippen molar-refractivity contribution in [3.05, 3.63) is 58.4 Å². The van der Waals surface area contributed by atoms with Gasteiger partial charge in [-0.05, 0) is 37.3 Å². The van der Waals surface area contributed by atoms with Crippen molar-refractivity contribution in [2.24, 2.45) is 0 Å². The number of aryl methyl sites for hydroxylation is 1. The van der Waals surface area contributed by atoms with Gasteiger partial charge in [-0.2, -0.15) is 0 Å². The lowest BCUT2D eigenvalue weighted by Gasteiger charge is -2.20. The van der Waals surface area contributed by atoms with E-state index < -0.39 is 4.92 Å². The van der Waals surface area contributed by atoms with Crippen molar-refractivity contribution in [3.63, 3.8) is 0 Å². The summed E-state index contributed by atoms with van der Waals surface area (Å²) in [6.07, 6.45) is 0. The van der Waals surface area contributed by atoms with Crippen LogP contribution in [0, 0.1) is 17.0 Å². The number of hydrogen-bond acceptors (Lipinski definition) is 6. The molecule has 24 heavy (non-hydrogen) atoms. The minimum absolute atomic E-state index is 0.0233. The summed E-state index contributed by atoms with van der Waals surface area (Å²) in [7, 11) is 3.74. The Kier molecular flexibility index (Phi) is 3.99. The fraction of sp³-hybridized carbons (Fsp3) is 0.176. The molecule has 3 aromatic rings. The summed E-state index contributed by atoms with van der Waals surface area (Å²) in [4.78, 5) is 21.4. The summed E-state index contributed by atoms with van der Waals surface area (Å²) in [6.45, 7) is 1.81. The number of benzene rings is 2. The monoisotopic (exact) mass is 323 g/mol. The van der Waals surface area contributed by atoms with E-state index in [1.54, 1.807) is 6.07 Å². The maximum atomic E-state index is 11.1. The third-order valence-corrected chi connectivity index (χ3v) is 3.84. The smallest absolute Gasteiger partial charge is 0.270 e. The van der Waals surface area contributed by atoms with Crippen LogP contribution in [0.15, 0.2) is 42.5 Å². The Labute approximate surface area is 139 Å². The van der Waals surface area contributed by atoms with Gasteiger partial charge < -0.3 is 10.2 Å². The predicted molar refractivity (Wildman–Crippen MR) is 95.0 cm³/mol. The molecule has 0 radical (unpaired) electrons. The van der Waals surface area contributed by atoms with Crippen molar-refractivity contribution < 1.29 is 4.92 Å². The summed E-state index contributed by atoms with van der Waals surface area (Å²) in [5.74, 6) is 1.25. The molecule has 0 saturated carbocycles. The molecule has 122 valence electrons. The number of nitrogens with one attached hydrogen (secondary N) is 1. The van der Waals surface area contributed by atoms with E-state index in [9.17, 15) is 10.1 Å². The summed E-state index contributed by atoms with van der Waals surface area (Å²) in [6, 6.07) is 12.5. The van der Waals surface area contributed by atoms with Gasteiger partial charge in [-0.3, -0.25) is 10.1 Å². The summed E-state index contributed by atoms with van der Waals surface area (Å²) < 4.78 is 0. The lowest BCUT2D eigenvalue weighted by molar-refractivity contribution is -0.384. The Bertz CT molecular complexity index is 909. The molecule has 0 fully saturated rings. The molecule has 0 saturated heterocycles. The van der Waals surface area contributed by atoms with E-state index in [1.807, 2.05) is 50.2 Å². The molecule has 0 unspecified atom stereocenters. The Morgan fingerprint density at radius 3 is 2.46 bits per heavy atom. The maximum Gasteiger partial charge on any atom is 0.270 e. The first-order valence-corrected chi connectivity index (χ1v) is 7.44. The summed E-state index contributed by atoms with van der Waals surface area (Å²) in [5.41, 5.74) is 2.64. The summed E-state index contributed by atoms with van der Waals surface area (Å²) in [5, 5.41) is 14.8. The normalized spacial score (nSPS) is 10.6. The molecule has 2 aromatic carbocycles. The molecule has 1 N–H and O–H groups in total. The first kappa shape index (κ1) is 15.7. The van der Waals surface area contributed by atoms with Gasteiger partial charge in [-0.1, -0.05) is 0 Å². The molecule has 0 bridgehead atoms. The highest BCUT2D eigenvalue weighted by Crippen LogP contribution is 2.31. The Hall–Kier alpha value is -3.22. The van der Waals surface area contributed by atoms with Crippen molar-refractivity contribution >= 4 is 33.8 Å². The second-order valence-electron chi connectivity index (χ2n) is 5.41. The van der Waals surface area contributed by atoms with Crippen LogP contribution in [0.3, 0.4) is 0 Å². The highest BCUT2D eigenvalue weighted by molar-refractivity contribution is 5.93. The molecule has 0 spiro atoms. The number of anilines is 3. The third kappa shape index (κ3) is 2.83. The topological polar surface area (TPSA) is 84.2 Å². The molecule has 3 rings (SSSR count). The van der Waals surface area contributed by atoms with Crippen LogP contribution >= 0.6 is 0 Å². The second-order valence-corrected chi connectivity index (χ2v) is 5.41. The van der Waals surface area contributed by atoms with E-state index in [-0.39, 0.29) is 5.69 Å². The van der Waals surface area contributed by atoms with Crippen molar-refractivity contribution in [1.82, 2.24) is 9.97 Å². The molecule has 1 heterocycles. The minimum atomic E-state index is -0.412. The van der Waals surface area contributed by atoms with Gasteiger partial charge in [-0.25, -0.2) is 9.97 Å². The van der Waals surface area contributed by atoms with Crippen LogP contribution < -0.4 is 10.2 Å². The zero-order valence-electron chi connectivity index (χ0n) is 13.6. The first-order valence-electron chi connectivity index (χ1n) is 7.44. The molecule has 0 aliphatic heterocycles. The van der Waals surface area contributed by atoms with Crippen molar-refractivity contribution in [2.45, 2.75) is 6.92 Å². The van der Waals surface area contributed by atoms with E-state index >= 15 is 0 Å². The molecule has 0 amide bonds. The van der Waals surface area contributed by atoms with E-state index in [4.69, 9.17) is 0 Å². The number of aromatic nitrogens is 2. The van der Waals surface area contributed by atoms with Gasteiger partial charge in [0, 0.05) is 37.6 Å². The quantitative estimate of drug-likeness (QED) is 0.582. The highest BCUT2D eigenvalue weighted by Gasteiger charge is 2.15. The second kappa shape index (κ2) is 6.11. The Balaban J connectivity index is 2.15.